The molecule has 2 unspecified atom stereocenters. The molecule has 0 fully saturated rings. The van der Waals surface area contributed by atoms with E-state index in [1.54, 1.807) is 6.33 Å². The molecule has 2 atom stereocenters. The molecule has 0 saturated heterocycles. The third kappa shape index (κ3) is 2.94. The summed E-state index contributed by atoms with van der Waals surface area (Å²) >= 11 is 0. The van der Waals surface area contributed by atoms with Crippen LogP contribution in [0.2, 0.25) is 0 Å². The molecule has 0 bridgehead atoms. The Bertz CT molecular complexity index is 535. The first-order valence-corrected chi connectivity index (χ1v) is 6.87. The lowest BCUT2D eigenvalue weighted by Gasteiger charge is -2.20. The van der Waals surface area contributed by atoms with Gasteiger partial charge in [0.05, 0.1) is 6.33 Å². The van der Waals surface area contributed by atoms with Crippen molar-refractivity contribution in [1.29, 1.82) is 0 Å². The van der Waals surface area contributed by atoms with E-state index in [2.05, 4.69) is 51.3 Å². The number of nitrogens with zero attached hydrogens (tertiary/aromatic N) is 3. The number of rotatable bonds is 6. The first-order valence-electron chi connectivity index (χ1n) is 6.87. The molecule has 0 aliphatic rings. The van der Waals surface area contributed by atoms with Gasteiger partial charge in [-0.15, -0.1) is 0 Å². The van der Waals surface area contributed by atoms with Crippen LogP contribution in [-0.2, 0) is 0 Å². The topological polar surface area (TPSA) is 78.5 Å². The summed E-state index contributed by atoms with van der Waals surface area (Å²) in [6.45, 7) is 9.40. The zero-order chi connectivity index (χ0) is 13.8. The van der Waals surface area contributed by atoms with Crippen LogP contribution in [-0.4, -0.2) is 32.5 Å². The Balaban J connectivity index is 2.31. The van der Waals surface area contributed by atoms with Crippen molar-refractivity contribution in [3.63, 3.8) is 0 Å². The number of fused-ring (bicyclic) bond motifs is 1. The molecule has 0 aliphatic heterocycles. The molecule has 0 amide bonds. The molecule has 104 valence electrons. The highest BCUT2D eigenvalue weighted by Crippen LogP contribution is 2.21. The largest absolute Gasteiger partial charge is 0.365 e. The minimum atomic E-state index is 0.348. The Morgan fingerprint density at radius 1 is 1.26 bits per heavy atom. The van der Waals surface area contributed by atoms with Crippen molar-refractivity contribution in [3.8, 4) is 0 Å². The quantitative estimate of drug-likeness (QED) is 0.746. The van der Waals surface area contributed by atoms with Crippen molar-refractivity contribution in [2.75, 3.05) is 17.2 Å². The highest BCUT2D eigenvalue weighted by Gasteiger charge is 2.15. The fourth-order valence-electron chi connectivity index (χ4n) is 1.89. The van der Waals surface area contributed by atoms with Gasteiger partial charge in [0, 0.05) is 12.6 Å². The van der Waals surface area contributed by atoms with Crippen LogP contribution in [0.4, 0.5) is 11.8 Å². The molecule has 3 N–H and O–H groups in total. The Labute approximate surface area is 113 Å². The summed E-state index contributed by atoms with van der Waals surface area (Å²) in [4.78, 5) is 16.2. The number of imidazole rings is 1. The lowest BCUT2D eigenvalue weighted by atomic mass is 10.0. The SMILES string of the molecule is CCNc1nc(NC(C)C(C)CC)c2[nH]cnc2n1. The van der Waals surface area contributed by atoms with Crippen molar-refractivity contribution >= 4 is 22.9 Å². The van der Waals surface area contributed by atoms with Gasteiger partial charge in [0.2, 0.25) is 5.95 Å². The van der Waals surface area contributed by atoms with Gasteiger partial charge >= 0.3 is 0 Å². The fraction of sp³-hybridized carbons (Fsp3) is 0.615. The summed E-state index contributed by atoms with van der Waals surface area (Å²) in [7, 11) is 0. The van der Waals surface area contributed by atoms with Gasteiger partial charge in [0.15, 0.2) is 11.5 Å². The zero-order valence-electron chi connectivity index (χ0n) is 12.0. The molecule has 6 nitrogen and oxygen atoms in total. The van der Waals surface area contributed by atoms with Crippen molar-refractivity contribution in [2.45, 2.75) is 40.2 Å². The molecule has 2 aromatic heterocycles. The summed E-state index contributed by atoms with van der Waals surface area (Å²) in [5, 5.41) is 6.59. The first-order chi connectivity index (χ1) is 9.15. The van der Waals surface area contributed by atoms with E-state index in [4.69, 9.17) is 0 Å². The van der Waals surface area contributed by atoms with Gasteiger partial charge < -0.3 is 15.6 Å². The molecule has 2 aromatic rings. The lowest BCUT2D eigenvalue weighted by molar-refractivity contribution is 0.494. The normalized spacial score (nSPS) is 14.3. The highest BCUT2D eigenvalue weighted by atomic mass is 15.2. The molecular formula is C13H22N6. The number of nitrogens with one attached hydrogen (secondary N) is 3. The predicted octanol–water partition coefficient (Wildman–Crippen LogP) is 2.63. The van der Waals surface area contributed by atoms with Gasteiger partial charge in [0.25, 0.3) is 0 Å². The number of hydrogen-bond donors (Lipinski definition) is 3. The number of hydrogen-bond acceptors (Lipinski definition) is 5. The summed E-state index contributed by atoms with van der Waals surface area (Å²) < 4.78 is 0. The van der Waals surface area contributed by atoms with Crippen molar-refractivity contribution in [1.82, 2.24) is 19.9 Å². The fourth-order valence-corrected chi connectivity index (χ4v) is 1.89. The molecule has 2 heterocycles. The molecular weight excluding hydrogens is 240 g/mol. The molecule has 0 radical (unpaired) electrons. The summed E-state index contributed by atoms with van der Waals surface area (Å²) in [6, 6.07) is 0.348. The van der Waals surface area contributed by atoms with E-state index in [0.717, 1.165) is 24.3 Å². The van der Waals surface area contributed by atoms with Crippen LogP contribution >= 0.6 is 0 Å². The maximum Gasteiger partial charge on any atom is 0.226 e. The zero-order valence-corrected chi connectivity index (χ0v) is 12.0. The van der Waals surface area contributed by atoms with E-state index in [9.17, 15) is 0 Å². The molecule has 0 spiro atoms. The third-order valence-corrected chi connectivity index (χ3v) is 3.48. The van der Waals surface area contributed by atoms with Crippen LogP contribution < -0.4 is 10.6 Å². The Morgan fingerprint density at radius 2 is 2.05 bits per heavy atom. The number of anilines is 2. The smallest absolute Gasteiger partial charge is 0.226 e. The second kappa shape index (κ2) is 5.86. The van der Waals surface area contributed by atoms with Gasteiger partial charge in [-0.2, -0.15) is 9.97 Å². The maximum atomic E-state index is 4.51. The summed E-state index contributed by atoms with van der Waals surface area (Å²) in [5.74, 6) is 2.00. The number of aromatic nitrogens is 4. The van der Waals surface area contributed by atoms with Crippen LogP contribution in [0.25, 0.3) is 11.2 Å². The van der Waals surface area contributed by atoms with Crippen molar-refractivity contribution in [3.05, 3.63) is 6.33 Å². The minimum absolute atomic E-state index is 0.348. The standard InChI is InChI=1S/C13H22N6/c1-5-8(3)9(4)17-12-10-11(16-7-15-10)18-13(19-12)14-6-2/h7-9H,5-6H2,1-4H3,(H3,14,15,16,17,18,19). The Morgan fingerprint density at radius 3 is 2.74 bits per heavy atom. The van der Waals surface area contributed by atoms with Gasteiger partial charge in [0.1, 0.15) is 5.52 Å². The summed E-state index contributed by atoms with van der Waals surface area (Å²) in [6.07, 6.45) is 2.78. The van der Waals surface area contributed by atoms with Crippen LogP contribution in [0.5, 0.6) is 0 Å². The van der Waals surface area contributed by atoms with Crippen LogP contribution in [0.15, 0.2) is 6.33 Å². The average molecular weight is 262 g/mol. The van der Waals surface area contributed by atoms with E-state index in [-0.39, 0.29) is 0 Å². The monoisotopic (exact) mass is 262 g/mol. The first kappa shape index (κ1) is 13.6. The molecule has 6 heteroatoms. The van der Waals surface area contributed by atoms with Crippen LogP contribution in [0.1, 0.15) is 34.1 Å². The number of H-pyrrole nitrogens is 1. The Kier molecular flexibility index (Phi) is 4.19. The van der Waals surface area contributed by atoms with Gasteiger partial charge in [-0.25, -0.2) is 4.98 Å². The maximum absolute atomic E-state index is 4.51. The molecule has 19 heavy (non-hydrogen) atoms. The van der Waals surface area contributed by atoms with Gasteiger partial charge in [-0.3, -0.25) is 0 Å². The highest BCUT2D eigenvalue weighted by molar-refractivity contribution is 5.83. The van der Waals surface area contributed by atoms with E-state index in [1.165, 1.54) is 0 Å². The van der Waals surface area contributed by atoms with Crippen molar-refractivity contribution < 1.29 is 0 Å². The van der Waals surface area contributed by atoms with Crippen LogP contribution in [0, 0.1) is 5.92 Å². The van der Waals surface area contributed by atoms with E-state index >= 15 is 0 Å². The Hall–Kier alpha value is -1.85. The lowest BCUT2D eigenvalue weighted by Crippen LogP contribution is -2.24. The minimum Gasteiger partial charge on any atom is -0.365 e. The van der Waals surface area contributed by atoms with Crippen molar-refractivity contribution in [2.24, 2.45) is 5.92 Å². The van der Waals surface area contributed by atoms with Gasteiger partial charge in [-0.1, -0.05) is 20.3 Å². The predicted molar refractivity (Wildman–Crippen MR) is 78.4 cm³/mol. The molecule has 0 aromatic carbocycles. The van der Waals surface area contributed by atoms with E-state index < -0.39 is 0 Å². The second-order valence-corrected chi connectivity index (χ2v) is 4.85. The van der Waals surface area contributed by atoms with Gasteiger partial charge in [-0.05, 0) is 19.8 Å². The number of aromatic amines is 1. The molecule has 2 rings (SSSR count). The average Bonchev–Trinajstić information content (AvgIpc) is 2.86. The molecule has 0 aliphatic carbocycles. The molecule has 0 saturated carbocycles. The van der Waals surface area contributed by atoms with E-state index in [1.807, 2.05) is 6.92 Å². The second-order valence-electron chi connectivity index (χ2n) is 4.85. The summed E-state index contributed by atoms with van der Waals surface area (Å²) in [5.41, 5.74) is 1.54. The van der Waals surface area contributed by atoms with Crippen LogP contribution in [0.3, 0.4) is 0 Å². The van der Waals surface area contributed by atoms with E-state index in [0.29, 0.717) is 23.6 Å². The third-order valence-electron chi connectivity index (χ3n) is 3.48.